The monoisotopic (exact) mass is 317 g/mol. The maximum Gasteiger partial charge on any atom is 0.272 e. The molecule has 6 heteroatoms. The lowest BCUT2D eigenvalue weighted by Crippen LogP contribution is -2.34. The number of methoxy groups -OCH3 is 1. The van der Waals surface area contributed by atoms with E-state index in [1.165, 1.54) is 0 Å². The number of hydrogen-bond donors (Lipinski definition) is 1. The zero-order chi connectivity index (χ0) is 17.0. The third-order valence-electron chi connectivity index (χ3n) is 3.88. The van der Waals surface area contributed by atoms with Gasteiger partial charge in [-0.2, -0.15) is 5.10 Å². The fourth-order valence-electron chi connectivity index (χ4n) is 2.56. The van der Waals surface area contributed by atoms with Crippen molar-refractivity contribution in [3.8, 4) is 5.75 Å². The number of aromatic nitrogens is 2. The highest BCUT2D eigenvalue weighted by molar-refractivity contribution is 5.92. The number of carbonyl (C=O) groups excluding carboxylic acids is 1. The predicted molar refractivity (Wildman–Crippen MR) is 87.6 cm³/mol. The number of hydrogen-bond acceptors (Lipinski definition) is 4. The number of aryl methyl sites for hydroxylation is 2. The van der Waals surface area contributed by atoms with Crippen LogP contribution in [-0.4, -0.2) is 46.5 Å². The lowest BCUT2D eigenvalue weighted by Gasteiger charge is -2.27. The summed E-state index contributed by atoms with van der Waals surface area (Å²) in [6.07, 6.45) is 0. The highest BCUT2D eigenvalue weighted by Crippen LogP contribution is 2.23. The highest BCUT2D eigenvalue weighted by Gasteiger charge is 2.25. The summed E-state index contributed by atoms with van der Waals surface area (Å²) in [5, 5.41) is 14.1. The Bertz CT molecular complexity index is 664. The summed E-state index contributed by atoms with van der Waals surface area (Å²) in [5.74, 6) is 0.571. The molecule has 1 N–H and O–H groups in total. The van der Waals surface area contributed by atoms with Crippen molar-refractivity contribution in [3.05, 3.63) is 47.3 Å². The average molecular weight is 317 g/mol. The Labute approximate surface area is 136 Å². The molecule has 2 rings (SSSR count). The largest absolute Gasteiger partial charge is 0.497 e. The minimum absolute atomic E-state index is 0.159. The summed E-state index contributed by atoms with van der Waals surface area (Å²) >= 11 is 0. The van der Waals surface area contributed by atoms with Gasteiger partial charge in [0.2, 0.25) is 0 Å². The van der Waals surface area contributed by atoms with Crippen molar-refractivity contribution >= 4 is 5.91 Å². The maximum absolute atomic E-state index is 12.8. The molecule has 124 valence electrons. The van der Waals surface area contributed by atoms with Gasteiger partial charge in [0.05, 0.1) is 25.5 Å². The number of ether oxygens (including phenoxy) is 1. The fraction of sp³-hybridized carbons (Fsp3) is 0.412. The number of nitrogens with zero attached hydrogens (tertiary/aromatic N) is 3. The molecule has 23 heavy (non-hydrogen) atoms. The van der Waals surface area contributed by atoms with Gasteiger partial charge in [0, 0.05) is 13.6 Å². The molecule has 1 aromatic carbocycles. The van der Waals surface area contributed by atoms with Crippen molar-refractivity contribution in [1.82, 2.24) is 14.7 Å². The lowest BCUT2D eigenvalue weighted by atomic mass is 10.1. The molecule has 6 nitrogen and oxygen atoms in total. The Morgan fingerprint density at radius 3 is 2.57 bits per heavy atom. The van der Waals surface area contributed by atoms with Crippen LogP contribution in [-0.2, 0) is 6.54 Å². The Kier molecular flexibility index (Phi) is 5.39. The van der Waals surface area contributed by atoms with E-state index in [9.17, 15) is 9.90 Å². The molecule has 0 saturated carbocycles. The van der Waals surface area contributed by atoms with E-state index in [-0.39, 0.29) is 12.5 Å². The number of likely N-dealkylation sites (N-methyl/N-ethyl adjacent to an activating group) is 1. The third-order valence-corrected chi connectivity index (χ3v) is 3.88. The van der Waals surface area contributed by atoms with Gasteiger partial charge >= 0.3 is 0 Å². The summed E-state index contributed by atoms with van der Waals surface area (Å²) < 4.78 is 6.82. The van der Waals surface area contributed by atoms with Gasteiger partial charge in [0.25, 0.3) is 5.91 Å². The third kappa shape index (κ3) is 3.53. The number of carbonyl (C=O) groups is 1. The first-order valence-corrected chi connectivity index (χ1v) is 7.58. The van der Waals surface area contributed by atoms with Crippen molar-refractivity contribution in [1.29, 1.82) is 0 Å². The Morgan fingerprint density at radius 1 is 1.39 bits per heavy atom. The van der Waals surface area contributed by atoms with Crippen molar-refractivity contribution in [2.24, 2.45) is 0 Å². The first-order valence-electron chi connectivity index (χ1n) is 7.58. The van der Waals surface area contributed by atoms with E-state index in [0.29, 0.717) is 12.2 Å². The molecule has 0 aliphatic carbocycles. The van der Waals surface area contributed by atoms with Gasteiger partial charge in [-0.3, -0.25) is 9.48 Å². The standard InChI is InChI=1S/C17H23N3O3/c1-5-20-15(10-12(2)18-20)17(22)19(3)16(11-21)13-6-8-14(23-4)9-7-13/h6-10,16,21H,5,11H2,1-4H3. The molecule has 1 amide bonds. The number of benzene rings is 1. The summed E-state index contributed by atoms with van der Waals surface area (Å²) in [7, 11) is 3.29. The van der Waals surface area contributed by atoms with E-state index in [1.807, 2.05) is 38.1 Å². The van der Waals surface area contributed by atoms with Crippen LogP contribution in [0, 0.1) is 6.92 Å². The van der Waals surface area contributed by atoms with Crippen molar-refractivity contribution < 1.29 is 14.6 Å². The van der Waals surface area contributed by atoms with Crippen LogP contribution in [0.3, 0.4) is 0 Å². The number of rotatable bonds is 6. The molecule has 1 aromatic heterocycles. The topological polar surface area (TPSA) is 67.6 Å². The Hall–Kier alpha value is -2.34. The zero-order valence-electron chi connectivity index (χ0n) is 14.0. The number of aliphatic hydroxyl groups excluding tert-OH is 1. The van der Waals surface area contributed by atoms with Crippen LogP contribution in [0.4, 0.5) is 0 Å². The summed E-state index contributed by atoms with van der Waals surface area (Å²) in [6.45, 7) is 4.26. The van der Waals surface area contributed by atoms with Crippen molar-refractivity contribution in [2.45, 2.75) is 26.4 Å². The Morgan fingerprint density at radius 2 is 2.04 bits per heavy atom. The van der Waals surface area contributed by atoms with Crippen molar-refractivity contribution in [3.63, 3.8) is 0 Å². The van der Waals surface area contributed by atoms with Gasteiger partial charge in [0.15, 0.2) is 0 Å². The van der Waals surface area contributed by atoms with Crippen LogP contribution in [0.1, 0.15) is 34.7 Å². The minimum Gasteiger partial charge on any atom is -0.497 e. The summed E-state index contributed by atoms with van der Waals surface area (Å²) in [6, 6.07) is 8.68. The minimum atomic E-state index is -0.422. The van der Waals surface area contributed by atoms with Gasteiger partial charge in [-0.1, -0.05) is 12.1 Å². The predicted octanol–water partition coefficient (Wildman–Crippen LogP) is 2.03. The molecule has 1 unspecified atom stereocenters. The van der Waals surface area contributed by atoms with Crippen LogP contribution in [0.15, 0.2) is 30.3 Å². The number of amides is 1. The van der Waals surface area contributed by atoms with Gasteiger partial charge in [0.1, 0.15) is 11.4 Å². The van der Waals surface area contributed by atoms with Crippen LogP contribution in [0.25, 0.3) is 0 Å². The van der Waals surface area contributed by atoms with Gasteiger partial charge in [-0.05, 0) is 37.6 Å². The van der Waals surface area contributed by atoms with Gasteiger partial charge < -0.3 is 14.7 Å². The molecule has 2 aromatic rings. The summed E-state index contributed by atoms with van der Waals surface area (Å²) in [5.41, 5.74) is 2.18. The molecule has 0 bridgehead atoms. The molecule has 0 fully saturated rings. The SMILES string of the molecule is CCn1nc(C)cc1C(=O)N(C)C(CO)c1ccc(OC)cc1. The zero-order valence-corrected chi connectivity index (χ0v) is 14.0. The molecule has 0 radical (unpaired) electrons. The first-order chi connectivity index (χ1) is 11.0. The van der Waals surface area contributed by atoms with E-state index in [2.05, 4.69) is 5.10 Å². The fourth-order valence-corrected chi connectivity index (χ4v) is 2.56. The van der Waals surface area contributed by atoms with Crippen LogP contribution < -0.4 is 4.74 Å². The van der Waals surface area contributed by atoms with E-state index < -0.39 is 6.04 Å². The van der Waals surface area contributed by atoms with E-state index in [1.54, 1.807) is 29.8 Å². The van der Waals surface area contributed by atoms with E-state index >= 15 is 0 Å². The molecule has 0 aliphatic heterocycles. The molecule has 0 spiro atoms. The second kappa shape index (κ2) is 7.28. The van der Waals surface area contributed by atoms with E-state index in [4.69, 9.17) is 4.74 Å². The van der Waals surface area contributed by atoms with Gasteiger partial charge in [-0.25, -0.2) is 0 Å². The first kappa shape index (κ1) is 17.0. The van der Waals surface area contributed by atoms with Crippen LogP contribution in [0.2, 0.25) is 0 Å². The van der Waals surface area contributed by atoms with Gasteiger partial charge in [-0.15, -0.1) is 0 Å². The molecule has 1 atom stereocenters. The van der Waals surface area contributed by atoms with Crippen LogP contribution >= 0.6 is 0 Å². The second-order valence-electron chi connectivity index (χ2n) is 5.37. The number of aliphatic hydroxyl groups is 1. The lowest BCUT2D eigenvalue weighted by molar-refractivity contribution is 0.0646. The van der Waals surface area contributed by atoms with Crippen molar-refractivity contribution in [2.75, 3.05) is 20.8 Å². The molecule has 1 heterocycles. The maximum atomic E-state index is 12.8. The molecule has 0 aliphatic rings. The molecule has 0 saturated heterocycles. The normalized spacial score (nSPS) is 12.0. The smallest absolute Gasteiger partial charge is 0.272 e. The molecular formula is C17H23N3O3. The average Bonchev–Trinajstić information content (AvgIpc) is 2.96. The second-order valence-corrected chi connectivity index (χ2v) is 5.37. The van der Waals surface area contributed by atoms with E-state index in [0.717, 1.165) is 17.0 Å². The quantitative estimate of drug-likeness (QED) is 0.885. The highest BCUT2D eigenvalue weighted by atomic mass is 16.5. The van der Waals surface area contributed by atoms with Crippen LogP contribution in [0.5, 0.6) is 5.75 Å². The Balaban J connectivity index is 2.27. The molecular weight excluding hydrogens is 294 g/mol. The summed E-state index contributed by atoms with van der Waals surface area (Å²) in [4.78, 5) is 14.3.